The fourth-order valence-electron chi connectivity index (χ4n) is 2.10. The Hall–Kier alpha value is -3.10. The van der Waals surface area contributed by atoms with E-state index in [1.807, 2.05) is 0 Å². The summed E-state index contributed by atoms with van der Waals surface area (Å²) in [5, 5.41) is 13.6. The summed E-state index contributed by atoms with van der Waals surface area (Å²) in [7, 11) is 0. The second kappa shape index (κ2) is 6.57. The Bertz CT molecular complexity index is 764. The average molecular weight is 339 g/mol. The number of nitro groups is 1. The van der Waals surface area contributed by atoms with Gasteiger partial charge in [0.15, 0.2) is 0 Å². The van der Waals surface area contributed by atoms with Crippen LogP contribution in [0.5, 0.6) is 0 Å². The Morgan fingerprint density at radius 3 is 2.29 bits per heavy atom. The lowest BCUT2D eigenvalue weighted by atomic mass is 10.1. The van der Waals surface area contributed by atoms with E-state index >= 15 is 0 Å². The average Bonchev–Trinajstić information content (AvgIpc) is 2.52. The van der Waals surface area contributed by atoms with Crippen LogP contribution >= 0.6 is 0 Å². The number of hydrogen-bond acceptors (Lipinski definition) is 4. The van der Waals surface area contributed by atoms with Crippen molar-refractivity contribution in [3.05, 3.63) is 69.8 Å². The third-order valence-electron chi connectivity index (χ3n) is 3.24. The molecule has 1 atom stereocenters. The quantitative estimate of drug-likeness (QED) is 0.645. The van der Waals surface area contributed by atoms with Gasteiger partial charge in [-0.3, -0.25) is 14.9 Å². The van der Waals surface area contributed by atoms with Crippen LogP contribution in [-0.4, -0.2) is 10.8 Å². The standard InChI is InChI=1S/C15H12F3N3O3/c16-15(17,18)10-6-7-11(12(8-10)21(23)24)20-13(14(19)22)9-4-2-1-3-5-9/h1-8,13,20H,(H2,19,22). The second-order valence-electron chi connectivity index (χ2n) is 4.88. The number of nitrogens with zero attached hydrogens (tertiary/aromatic N) is 1. The van der Waals surface area contributed by atoms with E-state index in [2.05, 4.69) is 5.32 Å². The highest BCUT2D eigenvalue weighted by molar-refractivity contribution is 5.85. The predicted octanol–water partition coefficient (Wildman–Crippen LogP) is 3.25. The zero-order valence-electron chi connectivity index (χ0n) is 12.1. The molecule has 0 saturated heterocycles. The maximum Gasteiger partial charge on any atom is 0.416 e. The van der Waals surface area contributed by atoms with Crippen LogP contribution in [-0.2, 0) is 11.0 Å². The minimum absolute atomic E-state index is 0.236. The molecule has 6 nitrogen and oxygen atoms in total. The Labute approximate surface area is 134 Å². The van der Waals surface area contributed by atoms with E-state index in [4.69, 9.17) is 5.73 Å². The molecular formula is C15H12F3N3O3. The molecule has 1 unspecified atom stereocenters. The van der Waals surface area contributed by atoms with Crippen molar-refractivity contribution in [2.45, 2.75) is 12.2 Å². The van der Waals surface area contributed by atoms with Crippen molar-refractivity contribution in [1.82, 2.24) is 0 Å². The number of carbonyl (C=O) groups excluding carboxylic acids is 1. The number of primary amides is 1. The maximum atomic E-state index is 12.7. The first kappa shape index (κ1) is 17.3. The first-order chi connectivity index (χ1) is 11.2. The van der Waals surface area contributed by atoms with Crippen LogP contribution in [0.25, 0.3) is 0 Å². The summed E-state index contributed by atoms with van der Waals surface area (Å²) in [4.78, 5) is 21.7. The lowest BCUT2D eigenvalue weighted by Crippen LogP contribution is -2.28. The molecule has 126 valence electrons. The van der Waals surface area contributed by atoms with Crippen LogP contribution < -0.4 is 11.1 Å². The molecule has 0 heterocycles. The number of benzene rings is 2. The Morgan fingerprint density at radius 2 is 1.79 bits per heavy atom. The van der Waals surface area contributed by atoms with Gasteiger partial charge in [-0.15, -0.1) is 0 Å². The summed E-state index contributed by atoms with van der Waals surface area (Å²) in [6.07, 6.45) is -4.72. The Morgan fingerprint density at radius 1 is 1.17 bits per heavy atom. The highest BCUT2D eigenvalue weighted by Gasteiger charge is 2.33. The number of amides is 1. The normalized spacial score (nSPS) is 12.5. The van der Waals surface area contributed by atoms with Gasteiger partial charge < -0.3 is 11.1 Å². The summed E-state index contributed by atoms with van der Waals surface area (Å²) < 4.78 is 38.1. The van der Waals surface area contributed by atoms with E-state index in [-0.39, 0.29) is 5.69 Å². The highest BCUT2D eigenvalue weighted by Crippen LogP contribution is 2.36. The smallest absolute Gasteiger partial charge is 0.368 e. The van der Waals surface area contributed by atoms with Crippen molar-refractivity contribution < 1.29 is 22.9 Å². The largest absolute Gasteiger partial charge is 0.416 e. The van der Waals surface area contributed by atoms with Crippen molar-refractivity contribution in [2.24, 2.45) is 5.73 Å². The molecule has 9 heteroatoms. The molecule has 0 aliphatic carbocycles. The van der Waals surface area contributed by atoms with E-state index in [9.17, 15) is 28.1 Å². The molecule has 2 aromatic carbocycles. The molecule has 0 radical (unpaired) electrons. The van der Waals surface area contributed by atoms with Crippen molar-refractivity contribution in [3.8, 4) is 0 Å². The van der Waals surface area contributed by atoms with Gasteiger partial charge in [0.05, 0.1) is 10.5 Å². The van der Waals surface area contributed by atoms with E-state index < -0.39 is 34.3 Å². The van der Waals surface area contributed by atoms with Gasteiger partial charge in [-0.2, -0.15) is 13.2 Å². The number of hydrogen-bond donors (Lipinski definition) is 2. The molecule has 0 saturated carbocycles. The topological polar surface area (TPSA) is 98.3 Å². The monoisotopic (exact) mass is 339 g/mol. The van der Waals surface area contributed by atoms with Crippen molar-refractivity contribution in [2.75, 3.05) is 5.32 Å². The number of nitrogens with two attached hydrogens (primary N) is 1. The molecule has 3 N–H and O–H groups in total. The second-order valence-corrected chi connectivity index (χ2v) is 4.88. The van der Waals surface area contributed by atoms with Gasteiger partial charge in [-0.05, 0) is 17.7 Å². The predicted molar refractivity (Wildman–Crippen MR) is 80.1 cm³/mol. The number of nitro benzene ring substituents is 1. The molecular weight excluding hydrogens is 327 g/mol. The SMILES string of the molecule is NC(=O)C(Nc1ccc(C(F)(F)F)cc1[N+](=O)[O-])c1ccccc1. The minimum Gasteiger partial charge on any atom is -0.368 e. The summed E-state index contributed by atoms with van der Waals surface area (Å²) in [6, 6.07) is 8.98. The van der Waals surface area contributed by atoms with Gasteiger partial charge in [0, 0.05) is 6.07 Å². The van der Waals surface area contributed by atoms with Crippen LogP contribution in [0.4, 0.5) is 24.5 Å². The number of alkyl halides is 3. The molecule has 24 heavy (non-hydrogen) atoms. The lowest BCUT2D eigenvalue weighted by Gasteiger charge is -2.17. The van der Waals surface area contributed by atoms with E-state index in [1.165, 1.54) is 0 Å². The summed E-state index contributed by atoms with van der Waals surface area (Å²) in [5.41, 5.74) is 3.53. The molecule has 0 spiro atoms. The van der Waals surface area contributed by atoms with Crippen molar-refractivity contribution in [3.63, 3.8) is 0 Å². The Kier molecular flexibility index (Phi) is 4.72. The number of rotatable bonds is 5. The van der Waals surface area contributed by atoms with Gasteiger partial charge in [0.25, 0.3) is 5.69 Å². The molecule has 2 aromatic rings. The van der Waals surface area contributed by atoms with Crippen molar-refractivity contribution in [1.29, 1.82) is 0 Å². The Balaban J connectivity index is 2.44. The van der Waals surface area contributed by atoms with E-state index in [1.54, 1.807) is 30.3 Å². The first-order valence-electron chi connectivity index (χ1n) is 6.66. The van der Waals surface area contributed by atoms with Crippen molar-refractivity contribution >= 4 is 17.3 Å². The summed E-state index contributed by atoms with van der Waals surface area (Å²) >= 11 is 0. The molecule has 0 fully saturated rings. The van der Waals surface area contributed by atoms with Crippen LogP contribution in [0.2, 0.25) is 0 Å². The summed E-state index contributed by atoms with van der Waals surface area (Å²) in [6.45, 7) is 0. The fourth-order valence-corrected chi connectivity index (χ4v) is 2.10. The van der Waals surface area contributed by atoms with Gasteiger partial charge in [-0.1, -0.05) is 30.3 Å². The highest BCUT2D eigenvalue weighted by atomic mass is 19.4. The third kappa shape index (κ3) is 3.80. The van der Waals surface area contributed by atoms with Crippen LogP contribution in [0.15, 0.2) is 48.5 Å². The van der Waals surface area contributed by atoms with Crippen LogP contribution in [0, 0.1) is 10.1 Å². The lowest BCUT2D eigenvalue weighted by molar-refractivity contribution is -0.384. The summed E-state index contributed by atoms with van der Waals surface area (Å²) in [5.74, 6) is -0.824. The molecule has 1 amide bonds. The van der Waals surface area contributed by atoms with E-state index in [0.717, 1.165) is 6.07 Å². The zero-order valence-corrected chi connectivity index (χ0v) is 12.1. The molecule has 0 aromatic heterocycles. The number of nitrogens with one attached hydrogen (secondary N) is 1. The van der Waals surface area contributed by atoms with E-state index in [0.29, 0.717) is 17.7 Å². The minimum atomic E-state index is -4.72. The molecule has 0 aliphatic heterocycles. The third-order valence-corrected chi connectivity index (χ3v) is 3.24. The molecule has 2 rings (SSSR count). The van der Waals surface area contributed by atoms with Crippen LogP contribution in [0.3, 0.4) is 0 Å². The molecule has 0 aliphatic rings. The van der Waals surface area contributed by atoms with Gasteiger partial charge >= 0.3 is 6.18 Å². The number of carbonyl (C=O) groups is 1. The van der Waals surface area contributed by atoms with Gasteiger partial charge in [0.2, 0.25) is 5.91 Å². The zero-order chi connectivity index (χ0) is 17.9. The van der Waals surface area contributed by atoms with Gasteiger partial charge in [0.1, 0.15) is 11.7 Å². The van der Waals surface area contributed by atoms with Gasteiger partial charge in [-0.25, -0.2) is 0 Å². The molecule has 0 bridgehead atoms. The number of halogens is 3. The number of anilines is 1. The fraction of sp³-hybridized carbons (Fsp3) is 0.133. The van der Waals surface area contributed by atoms with Crippen LogP contribution in [0.1, 0.15) is 17.2 Å². The first-order valence-corrected chi connectivity index (χ1v) is 6.66. The maximum absolute atomic E-state index is 12.7.